The lowest BCUT2D eigenvalue weighted by atomic mass is 10.1. The van der Waals surface area contributed by atoms with Crippen molar-refractivity contribution < 1.29 is 4.74 Å². The number of nitrogens with two attached hydrogens (primary N) is 1. The highest BCUT2D eigenvalue weighted by molar-refractivity contribution is 7.80. The largest absolute Gasteiger partial charge is 0.496 e. The van der Waals surface area contributed by atoms with Crippen LogP contribution in [-0.4, -0.2) is 29.6 Å². The molecule has 0 aromatic heterocycles. The van der Waals surface area contributed by atoms with E-state index in [1.54, 1.807) is 7.11 Å². The predicted octanol–water partition coefficient (Wildman–Crippen LogP) is 2.95. The van der Waals surface area contributed by atoms with Crippen LogP contribution in [0.5, 0.6) is 5.75 Å². The number of ether oxygens (including phenoxy) is 1. The van der Waals surface area contributed by atoms with E-state index in [4.69, 9.17) is 22.7 Å². The Morgan fingerprint density at radius 1 is 1.42 bits per heavy atom. The van der Waals surface area contributed by atoms with Gasteiger partial charge in [-0.2, -0.15) is 0 Å². The predicted molar refractivity (Wildman–Crippen MR) is 84.7 cm³/mol. The smallest absolute Gasteiger partial charge is 0.123 e. The topological polar surface area (TPSA) is 38.5 Å². The number of methoxy groups -OCH3 is 1. The first-order valence-corrected chi connectivity index (χ1v) is 7.15. The summed E-state index contributed by atoms with van der Waals surface area (Å²) in [6.45, 7) is 8.49. The minimum absolute atomic E-state index is 0.426. The monoisotopic (exact) mass is 280 g/mol. The molecule has 0 aliphatic heterocycles. The molecule has 0 saturated heterocycles. The molecule has 0 bridgehead atoms. The van der Waals surface area contributed by atoms with Crippen molar-refractivity contribution in [1.29, 1.82) is 0 Å². The van der Waals surface area contributed by atoms with Gasteiger partial charge in [0.05, 0.1) is 7.11 Å². The number of hydrogen-bond acceptors (Lipinski definition) is 3. The Labute approximate surface area is 121 Å². The van der Waals surface area contributed by atoms with Gasteiger partial charge in [-0.1, -0.05) is 26.1 Å². The lowest BCUT2D eigenvalue weighted by molar-refractivity contribution is 0.203. The van der Waals surface area contributed by atoms with Crippen LogP contribution in [0.1, 0.15) is 38.3 Å². The molecule has 0 saturated carbocycles. The average Bonchev–Trinajstić information content (AvgIpc) is 2.43. The zero-order valence-corrected chi connectivity index (χ0v) is 13.1. The van der Waals surface area contributed by atoms with Crippen molar-refractivity contribution in [2.75, 3.05) is 13.7 Å². The molecule has 0 fully saturated rings. The van der Waals surface area contributed by atoms with Gasteiger partial charge in [-0.15, -0.1) is 0 Å². The van der Waals surface area contributed by atoms with E-state index in [2.05, 4.69) is 25.7 Å². The second-order valence-electron chi connectivity index (χ2n) is 4.71. The summed E-state index contributed by atoms with van der Waals surface area (Å²) in [5, 5.41) is 0. The molecule has 19 heavy (non-hydrogen) atoms. The van der Waals surface area contributed by atoms with Crippen LogP contribution >= 0.6 is 12.2 Å². The van der Waals surface area contributed by atoms with Gasteiger partial charge in [0.1, 0.15) is 10.7 Å². The van der Waals surface area contributed by atoms with Gasteiger partial charge in [0.15, 0.2) is 0 Å². The van der Waals surface area contributed by atoms with Crippen LogP contribution in [0.2, 0.25) is 0 Å². The highest BCUT2D eigenvalue weighted by Crippen LogP contribution is 2.23. The number of nitrogens with zero attached hydrogens (tertiary/aromatic N) is 1. The molecule has 1 aromatic carbocycles. The summed E-state index contributed by atoms with van der Waals surface area (Å²) in [5.74, 6) is 0.891. The molecule has 1 aromatic rings. The minimum atomic E-state index is 0.426. The molecule has 0 aliphatic rings. The van der Waals surface area contributed by atoms with Crippen LogP contribution in [0.15, 0.2) is 18.2 Å². The van der Waals surface area contributed by atoms with E-state index in [1.807, 2.05) is 18.2 Å². The summed E-state index contributed by atoms with van der Waals surface area (Å²) >= 11 is 5.04. The molecule has 106 valence electrons. The van der Waals surface area contributed by atoms with Gasteiger partial charge in [0.2, 0.25) is 0 Å². The first-order chi connectivity index (χ1) is 9.03. The zero-order valence-electron chi connectivity index (χ0n) is 12.3. The maximum atomic E-state index is 5.70. The molecule has 1 atom stereocenters. The Kier molecular flexibility index (Phi) is 6.25. The molecule has 0 amide bonds. The van der Waals surface area contributed by atoms with Crippen molar-refractivity contribution in [2.24, 2.45) is 5.73 Å². The highest BCUT2D eigenvalue weighted by atomic mass is 32.1. The third-order valence-electron chi connectivity index (χ3n) is 3.56. The molecule has 0 radical (unpaired) electrons. The molecule has 0 spiro atoms. The summed E-state index contributed by atoms with van der Waals surface area (Å²) in [4.78, 5) is 2.84. The first kappa shape index (κ1) is 15.9. The van der Waals surface area contributed by atoms with E-state index in [-0.39, 0.29) is 0 Å². The van der Waals surface area contributed by atoms with Gasteiger partial charge in [0, 0.05) is 23.7 Å². The van der Waals surface area contributed by atoms with Crippen LogP contribution in [-0.2, 0) is 6.54 Å². The van der Waals surface area contributed by atoms with Gasteiger partial charge in [-0.25, -0.2) is 0 Å². The van der Waals surface area contributed by atoms with E-state index < -0.39 is 0 Å². The third-order valence-corrected chi connectivity index (χ3v) is 3.79. The van der Waals surface area contributed by atoms with Crippen molar-refractivity contribution in [3.8, 4) is 5.75 Å². The van der Waals surface area contributed by atoms with Gasteiger partial charge >= 0.3 is 0 Å². The Balaban J connectivity index is 3.02. The molecular formula is C15H24N2OS. The Hall–Kier alpha value is -1.13. The fraction of sp³-hybridized carbons (Fsp3) is 0.533. The van der Waals surface area contributed by atoms with Crippen LogP contribution in [0.25, 0.3) is 0 Å². The van der Waals surface area contributed by atoms with E-state index in [9.17, 15) is 0 Å². The van der Waals surface area contributed by atoms with Crippen LogP contribution in [0.3, 0.4) is 0 Å². The summed E-state index contributed by atoms with van der Waals surface area (Å²) in [7, 11) is 1.69. The van der Waals surface area contributed by atoms with E-state index in [0.29, 0.717) is 11.0 Å². The van der Waals surface area contributed by atoms with Gasteiger partial charge in [0.25, 0.3) is 0 Å². The molecule has 3 nitrogen and oxygen atoms in total. The molecule has 1 rings (SSSR count). The summed E-state index contributed by atoms with van der Waals surface area (Å²) in [6.07, 6.45) is 1.13. The van der Waals surface area contributed by atoms with Crippen molar-refractivity contribution in [1.82, 2.24) is 4.90 Å². The van der Waals surface area contributed by atoms with Gasteiger partial charge < -0.3 is 10.5 Å². The number of thiocarbonyl (C=S) groups is 1. The molecular weight excluding hydrogens is 256 g/mol. The third kappa shape index (κ3) is 4.18. The number of rotatable bonds is 7. The van der Waals surface area contributed by atoms with Gasteiger partial charge in [-0.05, 0) is 38.1 Å². The Bertz CT molecular complexity index is 434. The zero-order chi connectivity index (χ0) is 14.4. The maximum absolute atomic E-state index is 5.70. The molecule has 0 aliphatic carbocycles. The van der Waals surface area contributed by atoms with Crippen molar-refractivity contribution in [2.45, 2.75) is 39.8 Å². The molecule has 1 unspecified atom stereocenters. The highest BCUT2D eigenvalue weighted by Gasteiger charge is 2.14. The van der Waals surface area contributed by atoms with E-state index >= 15 is 0 Å². The van der Waals surface area contributed by atoms with Crippen molar-refractivity contribution in [3.05, 3.63) is 29.3 Å². The normalized spacial score (nSPS) is 12.5. The van der Waals surface area contributed by atoms with E-state index in [0.717, 1.165) is 36.4 Å². The molecule has 4 heteroatoms. The number of hydrogen-bond donors (Lipinski definition) is 1. The first-order valence-electron chi connectivity index (χ1n) is 6.74. The standard InChI is InChI=1S/C15H24N2OS/c1-5-11(3)17(6-2)10-13-9-12(15(16)19)7-8-14(13)18-4/h7-9,11H,5-6,10H2,1-4H3,(H2,16,19). The Morgan fingerprint density at radius 3 is 2.58 bits per heavy atom. The summed E-state index contributed by atoms with van der Waals surface area (Å²) in [5.41, 5.74) is 7.73. The maximum Gasteiger partial charge on any atom is 0.123 e. The molecule has 2 N–H and O–H groups in total. The molecule has 0 heterocycles. The van der Waals surface area contributed by atoms with Gasteiger partial charge in [-0.3, -0.25) is 4.90 Å². The number of benzene rings is 1. The SMILES string of the molecule is CCC(C)N(CC)Cc1cc(C(N)=S)ccc1OC. The van der Waals surface area contributed by atoms with Crippen molar-refractivity contribution in [3.63, 3.8) is 0 Å². The second-order valence-corrected chi connectivity index (χ2v) is 5.15. The van der Waals surface area contributed by atoms with Crippen LogP contribution in [0.4, 0.5) is 0 Å². The lowest BCUT2D eigenvalue weighted by Gasteiger charge is -2.27. The Morgan fingerprint density at radius 2 is 2.11 bits per heavy atom. The van der Waals surface area contributed by atoms with Crippen molar-refractivity contribution >= 4 is 17.2 Å². The fourth-order valence-corrected chi connectivity index (χ4v) is 2.24. The second kappa shape index (κ2) is 7.46. The van der Waals surface area contributed by atoms with E-state index in [1.165, 1.54) is 0 Å². The fourth-order valence-electron chi connectivity index (χ4n) is 2.11. The average molecular weight is 280 g/mol. The minimum Gasteiger partial charge on any atom is -0.496 e. The lowest BCUT2D eigenvalue weighted by Crippen LogP contribution is -2.32. The quantitative estimate of drug-likeness (QED) is 0.779. The van der Waals surface area contributed by atoms with Crippen LogP contribution < -0.4 is 10.5 Å². The van der Waals surface area contributed by atoms with Crippen LogP contribution in [0, 0.1) is 0 Å². The summed E-state index contributed by atoms with van der Waals surface area (Å²) in [6, 6.07) is 6.42. The summed E-state index contributed by atoms with van der Waals surface area (Å²) < 4.78 is 5.43.